The topological polar surface area (TPSA) is 0 Å². The van der Waals surface area contributed by atoms with Gasteiger partial charge >= 0.3 is 0 Å². The van der Waals surface area contributed by atoms with Gasteiger partial charge in [-0.3, -0.25) is 0 Å². The molecule has 0 spiro atoms. The first-order chi connectivity index (χ1) is 11.2. The summed E-state index contributed by atoms with van der Waals surface area (Å²) in [5, 5.41) is 0. The fourth-order valence-electron chi connectivity index (χ4n) is 6.78. The van der Waals surface area contributed by atoms with Crippen LogP contribution in [0, 0.1) is 11.8 Å². The lowest BCUT2D eigenvalue weighted by atomic mass is 9.55. The van der Waals surface area contributed by atoms with Crippen LogP contribution in [0.4, 0.5) is 0 Å². The van der Waals surface area contributed by atoms with Crippen molar-refractivity contribution in [1.29, 1.82) is 0 Å². The van der Waals surface area contributed by atoms with Crippen LogP contribution in [0.3, 0.4) is 0 Å². The highest BCUT2D eigenvalue weighted by Crippen LogP contribution is 2.71. The Morgan fingerprint density at radius 1 is 0.783 bits per heavy atom. The van der Waals surface area contributed by atoms with Crippen LogP contribution >= 0.6 is 0 Å². The molecule has 0 aliphatic heterocycles. The lowest BCUT2D eigenvalue weighted by Crippen LogP contribution is -2.43. The third kappa shape index (κ3) is 1.53. The van der Waals surface area contributed by atoms with Gasteiger partial charge < -0.3 is 0 Å². The summed E-state index contributed by atoms with van der Waals surface area (Å²) in [6, 6.07) is 18.6. The van der Waals surface area contributed by atoms with Crippen LogP contribution in [0.1, 0.15) is 57.1 Å². The second kappa shape index (κ2) is 4.50. The summed E-state index contributed by atoms with van der Waals surface area (Å²) in [7, 11) is 0. The first-order valence-electron chi connectivity index (χ1n) is 9.39. The van der Waals surface area contributed by atoms with E-state index in [1.807, 2.05) is 0 Å². The third-order valence-corrected chi connectivity index (χ3v) is 7.34. The quantitative estimate of drug-likeness (QED) is 0.597. The van der Waals surface area contributed by atoms with Crippen molar-refractivity contribution in [3.63, 3.8) is 0 Å². The van der Waals surface area contributed by atoms with Crippen molar-refractivity contribution in [3.8, 4) is 11.1 Å². The highest BCUT2D eigenvalue weighted by Gasteiger charge is 2.65. The van der Waals surface area contributed by atoms with E-state index < -0.39 is 0 Å². The largest absolute Gasteiger partial charge is 0.0651 e. The summed E-state index contributed by atoms with van der Waals surface area (Å²) in [5.74, 6) is 1.73. The van der Waals surface area contributed by atoms with Crippen molar-refractivity contribution in [2.24, 2.45) is 11.8 Å². The molecule has 0 saturated heterocycles. The van der Waals surface area contributed by atoms with E-state index in [9.17, 15) is 0 Å². The van der Waals surface area contributed by atoms with Crippen LogP contribution in [-0.2, 0) is 10.8 Å². The Kier molecular flexibility index (Phi) is 2.71. The summed E-state index contributed by atoms with van der Waals surface area (Å²) >= 11 is 0. The van der Waals surface area contributed by atoms with Crippen LogP contribution < -0.4 is 0 Å². The van der Waals surface area contributed by atoms with Gasteiger partial charge in [0.1, 0.15) is 0 Å². The highest BCUT2D eigenvalue weighted by atomic mass is 14.7. The molecule has 118 valence electrons. The van der Waals surface area contributed by atoms with E-state index in [1.54, 1.807) is 11.1 Å². The van der Waals surface area contributed by atoms with Gasteiger partial charge in [-0.2, -0.15) is 0 Å². The fraction of sp³-hybridized carbons (Fsp3) is 0.478. The van der Waals surface area contributed by atoms with Crippen molar-refractivity contribution in [2.75, 3.05) is 0 Å². The van der Waals surface area contributed by atoms with Crippen molar-refractivity contribution < 1.29 is 0 Å². The van der Waals surface area contributed by atoms with E-state index in [1.165, 1.54) is 43.2 Å². The molecule has 3 aliphatic carbocycles. The van der Waals surface area contributed by atoms with Gasteiger partial charge in [0.05, 0.1) is 0 Å². The molecule has 0 nitrogen and oxygen atoms in total. The summed E-state index contributed by atoms with van der Waals surface area (Å²) in [6.07, 6.45) is 6.91. The van der Waals surface area contributed by atoms with E-state index >= 15 is 0 Å². The Labute approximate surface area is 139 Å². The number of fused-ring (bicyclic) bond motifs is 3. The second-order valence-corrected chi connectivity index (χ2v) is 8.45. The molecule has 4 atom stereocenters. The monoisotopic (exact) mass is 302 g/mol. The molecule has 0 bridgehead atoms. The molecule has 5 rings (SSSR count). The number of benzene rings is 2. The van der Waals surface area contributed by atoms with E-state index in [2.05, 4.69) is 62.4 Å². The van der Waals surface area contributed by atoms with Gasteiger partial charge in [0.15, 0.2) is 0 Å². The lowest BCUT2D eigenvalue weighted by Gasteiger charge is -2.47. The summed E-state index contributed by atoms with van der Waals surface area (Å²) in [4.78, 5) is 0. The molecule has 0 aromatic heterocycles. The first kappa shape index (κ1) is 13.8. The lowest BCUT2D eigenvalue weighted by molar-refractivity contribution is 0.299. The van der Waals surface area contributed by atoms with Crippen LogP contribution in [0.25, 0.3) is 11.1 Å². The fourth-order valence-corrected chi connectivity index (χ4v) is 6.78. The molecule has 0 heterocycles. The Morgan fingerprint density at radius 2 is 1.26 bits per heavy atom. The van der Waals surface area contributed by atoms with Gasteiger partial charge in [0.2, 0.25) is 0 Å². The van der Waals surface area contributed by atoms with Crippen molar-refractivity contribution in [3.05, 3.63) is 59.7 Å². The molecule has 0 N–H and O–H groups in total. The van der Waals surface area contributed by atoms with Gasteiger partial charge in [-0.05, 0) is 59.8 Å². The molecule has 2 aromatic carbocycles. The zero-order chi connectivity index (χ0) is 15.7. The van der Waals surface area contributed by atoms with E-state index in [0.29, 0.717) is 10.8 Å². The van der Waals surface area contributed by atoms with Gasteiger partial charge in [0.25, 0.3) is 0 Å². The number of hydrogen-bond acceptors (Lipinski definition) is 0. The molecular weight excluding hydrogens is 276 g/mol. The molecule has 23 heavy (non-hydrogen) atoms. The van der Waals surface area contributed by atoms with Crippen LogP contribution in [0.5, 0.6) is 0 Å². The molecule has 2 aromatic rings. The molecule has 2 fully saturated rings. The van der Waals surface area contributed by atoms with Crippen molar-refractivity contribution in [1.82, 2.24) is 0 Å². The molecule has 0 amide bonds. The SMILES string of the molecule is CCC1C[C@]23CC(C)C[C@@]2(C1)c1ccccc1-c1ccccc13. The van der Waals surface area contributed by atoms with E-state index in [0.717, 1.165) is 11.8 Å². The predicted molar refractivity (Wildman–Crippen MR) is 96.6 cm³/mol. The Balaban J connectivity index is 1.88. The maximum Gasteiger partial charge on any atom is 0.00615 e. The van der Waals surface area contributed by atoms with Gasteiger partial charge in [-0.15, -0.1) is 0 Å². The van der Waals surface area contributed by atoms with Crippen molar-refractivity contribution >= 4 is 0 Å². The predicted octanol–water partition coefficient (Wildman–Crippen LogP) is 6.09. The minimum atomic E-state index is 0.401. The standard InChI is InChI=1S/C23H26/c1-3-17-14-22-12-16(2)13-23(22,15-17)21-11-7-5-9-19(21)18-8-4-6-10-20(18)22/h4-11,16-17H,3,12-15H2,1-2H3/t16?,17?,22-,23+. The minimum absolute atomic E-state index is 0.401. The first-order valence-corrected chi connectivity index (χ1v) is 9.39. The highest BCUT2D eigenvalue weighted by molar-refractivity contribution is 5.78. The summed E-state index contributed by atoms with van der Waals surface area (Å²) in [5.41, 5.74) is 7.17. The van der Waals surface area contributed by atoms with Crippen LogP contribution in [-0.4, -0.2) is 0 Å². The molecule has 2 saturated carbocycles. The Hall–Kier alpha value is -1.56. The maximum absolute atomic E-state index is 2.49. The third-order valence-electron chi connectivity index (χ3n) is 7.34. The zero-order valence-corrected chi connectivity index (χ0v) is 14.3. The average molecular weight is 302 g/mol. The molecular formula is C23H26. The van der Waals surface area contributed by atoms with E-state index in [4.69, 9.17) is 0 Å². The Morgan fingerprint density at radius 3 is 1.74 bits per heavy atom. The number of hydrogen-bond donors (Lipinski definition) is 0. The van der Waals surface area contributed by atoms with Gasteiger partial charge in [0, 0.05) is 10.8 Å². The maximum atomic E-state index is 2.49. The van der Waals surface area contributed by atoms with Crippen LogP contribution in [0.2, 0.25) is 0 Å². The zero-order valence-electron chi connectivity index (χ0n) is 14.3. The molecule has 0 radical (unpaired) electrons. The second-order valence-electron chi connectivity index (χ2n) is 8.45. The molecule has 3 aliphatic rings. The average Bonchev–Trinajstić information content (AvgIpc) is 3.05. The number of rotatable bonds is 1. The van der Waals surface area contributed by atoms with E-state index in [-0.39, 0.29) is 0 Å². The normalized spacial score (nSPS) is 37.0. The van der Waals surface area contributed by atoms with Gasteiger partial charge in [-0.1, -0.05) is 68.8 Å². The molecule has 0 heteroatoms. The van der Waals surface area contributed by atoms with Gasteiger partial charge in [-0.25, -0.2) is 0 Å². The minimum Gasteiger partial charge on any atom is -0.0651 e. The summed E-state index contributed by atoms with van der Waals surface area (Å²) in [6.45, 7) is 4.88. The smallest absolute Gasteiger partial charge is 0.00615 e. The van der Waals surface area contributed by atoms with Crippen molar-refractivity contribution in [2.45, 2.75) is 56.8 Å². The van der Waals surface area contributed by atoms with Crippen LogP contribution in [0.15, 0.2) is 48.5 Å². The Bertz CT molecular complexity index is 710. The summed E-state index contributed by atoms with van der Waals surface area (Å²) < 4.78 is 0. The molecule has 2 unspecified atom stereocenters.